The highest BCUT2D eigenvalue weighted by atomic mass is 19.1. The van der Waals surface area contributed by atoms with Crippen molar-refractivity contribution in [2.24, 2.45) is 5.73 Å². The second-order valence-electron chi connectivity index (χ2n) is 2.93. The Bertz CT molecular complexity index is 310. The van der Waals surface area contributed by atoms with Crippen molar-refractivity contribution in [3.05, 3.63) is 34.9 Å². The minimum atomic E-state index is -0.367. The summed E-state index contributed by atoms with van der Waals surface area (Å²) >= 11 is 0. The number of benzene rings is 1. The molecule has 1 rings (SSSR count). The van der Waals surface area contributed by atoms with E-state index >= 15 is 0 Å². The third-order valence-corrected chi connectivity index (χ3v) is 1.79. The van der Waals surface area contributed by atoms with Crippen LogP contribution < -0.4 is 5.73 Å². The first-order valence-corrected chi connectivity index (χ1v) is 4.46. The third-order valence-electron chi connectivity index (χ3n) is 1.79. The van der Waals surface area contributed by atoms with Crippen LogP contribution in [-0.4, -0.2) is 12.6 Å². The van der Waals surface area contributed by atoms with E-state index in [4.69, 9.17) is 5.73 Å². The molecule has 0 heterocycles. The number of amides is 1. The summed E-state index contributed by atoms with van der Waals surface area (Å²) in [5.74, 6) is -0.367. The van der Waals surface area contributed by atoms with Gasteiger partial charge in [-0.3, -0.25) is 9.18 Å². The smallest absolute Gasteiger partial charge is 0.248 e. The van der Waals surface area contributed by atoms with Gasteiger partial charge < -0.3 is 5.73 Å². The van der Waals surface area contributed by atoms with Crippen molar-refractivity contribution in [2.45, 2.75) is 20.8 Å². The number of rotatable bonds is 1. The molecule has 2 N–H and O–H groups in total. The summed E-state index contributed by atoms with van der Waals surface area (Å²) in [7, 11) is 0. The summed E-state index contributed by atoms with van der Waals surface area (Å²) in [4.78, 5) is 10.7. The lowest BCUT2D eigenvalue weighted by Crippen LogP contribution is -2.10. The van der Waals surface area contributed by atoms with Crippen LogP contribution >= 0.6 is 0 Å². The second-order valence-corrected chi connectivity index (χ2v) is 2.93. The second kappa shape index (κ2) is 6.13. The topological polar surface area (TPSA) is 43.1 Å². The Labute approximate surface area is 83.9 Å². The number of halogens is 1. The zero-order valence-electron chi connectivity index (χ0n) is 8.80. The Morgan fingerprint density at radius 3 is 2.21 bits per heavy atom. The molecule has 0 saturated carbocycles. The summed E-state index contributed by atoms with van der Waals surface area (Å²) < 4.78 is 10.3. The number of hydrogen-bond acceptors (Lipinski definition) is 1. The number of alkyl halides is 1. The fourth-order valence-corrected chi connectivity index (χ4v) is 0.895. The fourth-order valence-electron chi connectivity index (χ4n) is 0.895. The zero-order chi connectivity index (χ0) is 11.1. The fraction of sp³-hybridized carbons (Fsp3) is 0.364. The van der Waals surface area contributed by atoms with E-state index in [1.165, 1.54) is 12.5 Å². The molecule has 0 fully saturated rings. The molecule has 1 amide bonds. The van der Waals surface area contributed by atoms with Crippen molar-refractivity contribution in [3.8, 4) is 0 Å². The Balaban J connectivity index is 0.000000500. The summed E-state index contributed by atoms with van der Waals surface area (Å²) in [6, 6.07) is 5.44. The molecule has 1 aromatic rings. The minimum absolute atomic E-state index is 0.250. The van der Waals surface area contributed by atoms with Gasteiger partial charge in [-0.1, -0.05) is 6.07 Å². The predicted molar refractivity (Wildman–Crippen MR) is 56.1 cm³/mol. The molecule has 14 heavy (non-hydrogen) atoms. The molecule has 0 unspecified atom stereocenters. The zero-order valence-corrected chi connectivity index (χ0v) is 8.80. The SMILES string of the molecule is CCF.Cc1ccc(C(N)=O)cc1C. The van der Waals surface area contributed by atoms with Gasteiger partial charge >= 0.3 is 0 Å². The number of carbonyl (C=O) groups excluding carboxylic acids is 1. The lowest BCUT2D eigenvalue weighted by atomic mass is 10.1. The quantitative estimate of drug-likeness (QED) is 0.738. The number of aryl methyl sites for hydroxylation is 2. The van der Waals surface area contributed by atoms with E-state index in [1.807, 2.05) is 19.9 Å². The van der Waals surface area contributed by atoms with Gasteiger partial charge in [0.2, 0.25) is 5.91 Å². The van der Waals surface area contributed by atoms with E-state index in [9.17, 15) is 9.18 Å². The highest BCUT2D eigenvalue weighted by Gasteiger charge is 2.00. The lowest BCUT2D eigenvalue weighted by molar-refractivity contribution is 0.1000. The van der Waals surface area contributed by atoms with Gasteiger partial charge in [-0.05, 0) is 44.0 Å². The minimum Gasteiger partial charge on any atom is -0.366 e. The van der Waals surface area contributed by atoms with Gasteiger partial charge in [0.05, 0.1) is 6.67 Å². The number of primary amides is 1. The Kier molecular flexibility index (Phi) is 5.53. The van der Waals surface area contributed by atoms with Gasteiger partial charge in [0, 0.05) is 5.56 Å². The van der Waals surface area contributed by atoms with Crippen LogP contribution in [0.2, 0.25) is 0 Å². The summed E-state index contributed by atoms with van der Waals surface area (Å²) in [5.41, 5.74) is 7.95. The Hall–Kier alpha value is -1.38. The van der Waals surface area contributed by atoms with E-state index in [1.54, 1.807) is 12.1 Å². The van der Waals surface area contributed by atoms with Crippen LogP contribution in [0.1, 0.15) is 28.4 Å². The van der Waals surface area contributed by atoms with Crippen LogP contribution in [0.25, 0.3) is 0 Å². The van der Waals surface area contributed by atoms with Crippen LogP contribution in [0.4, 0.5) is 4.39 Å². The Morgan fingerprint density at radius 1 is 1.36 bits per heavy atom. The van der Waals surface area contributed by atoms with Crippen molar-refractivity contribution in [2.75, 3.05) is 6.67 Å². The van der Waals surface area contributed by atoms with Crippen molar-refractivity contribution in [1.29, 1.82) is 0 Å². The first-order chi connectivity index (χ1) is 6.52. The maximum Gasteiger partial charge on any atom is 0.248 e. The van der Waals surface area contributed by atoms with Gasteiger partial charge in [-0.2, -0.15) is 0 Å². The molecule has 1 aromatic carbocycles. The first-order valence-electron chi connectivity index (χ1n) is 4.46. The Morgan fingerprint density at radius 2 is 1.86 bits per heavy atom. The normalized spacial score (nSPS) is 8.86. The molecule has 0 aromatic heterocycles. The summed E-state index contributed by atoms with van der Waals surface area (Å²) in [5, 5.41) is 0. The summed E-state index contributed by atoms with van der Waals surface area (Å²) in [6.45, 7) is 5.17. The third kappa shape index (κ3) is 4.03. The van der Waals surface area contributed by atoms with Gasteiger partial charge in [0.25, 0.3) is 0 Å². The number of nitrogens with two attached hydrogens (primary N) is 1. The lowest BCUT2D eigenvalue weighted by Gasteiger charge is -2.00. The van der Waals surface area contributed by atoms with Crippen LogP contribution in [0.5, 0.6) is 0 Å². The highest BCUT2D eigenvalue weighted by Crippen LogP contribution is 2.08. The molecule has 0 atom stereocenters. The van der Waals surface area contributed by atoms with E-state index < -0.39 is 0 Å². The molecule has 2 nitrogen and oxygen atoms in total. The van der Waals surface area contributed by atoms with E-state index in [2.05, 4.69) is 0 Å². The molecule has 78 valence electrons. The van der Waals surface area contributed by atoms with E-state index in [0.29, 0.717) is 5.56 Å². The van der Waals surface area contributed by atoms with Gasteiger partial charge in [-0.25, -0.2) is 0 Å². The predicted octanol–water partition coefficient (Wildman–Crippen LogP) is 2.38. The molecule has 0 radical (unpaired) electrons. The number of hydrogen-bond donors (Lipinski definition) is 1. The van der Waals surface area contributed by atoms with Crippen LogP contribution in [-0.2, 0) is 0 Å². The summed E-state index contributed by atoms with van der Waals surface area (Å²) in [6.07, 6.45) is 0. The van der Waals surface area contributed by atoms with Crippen molar-refractivity contribution in [3.63, 3.8) is 0 Å². The van der Waals surface area contributed by atoms with Gasteiger partial charge in [0.1, 0.15) is 0 Å². The van der Waals surface area contributed by atoms with Crippen LogP contribution in [0, 0.1) is 13.8 Å². The molecule has 0 aliphatic carbocycles. The van der Waals surface area contributed by atoms with Crippen molar-refractivity contribution < 1.29 is 9.18 Å². The highest BCUT2D eigenvalue weighted by molar-refractivity contribution is 5.92. The van der Waals surface area contributed by atoms with Gasteiger partial charge in [0.15, 0.2) is 0 Å². The molecule has 3 heteroatoms. The molecule has 0 saturated heterocycles. The molecule has 0 aliphatic heterocycles. The van der Waals surface area contributed by atoms with Crippen molar-refractivity contribution in [1.82, 2.24) is 0 Å². The van der Waals surface area contributed by atoms with E-state index in [-0.39, 0.29) is 12.6 Å². The largest absolute Gasteiger partial charge is 0.366 e. The number of carbonyl (C=O) groups is 1. The maximum absolute atomic E-state index is 10.7. The standard InChI is InChI=1S/C9H11NO.C2H5F/c1-6-3-4-8(9(10)11)5-7(6)2;1-2-3/h3-5H,1-2H3,(H2,10,11);2H2,1H3. The monoisotopic (exact) mass is 197 g/mol. The average Bonchev–Trinajstić information content (AvgIpc) is 2.10. The van der Waals surface area contributed by atoms with Crippen molar-refractivity contribution >= 4 is 5.91 Å². The van der Waals surface area contributed by atoms with E-state index in [0.717, 1.165) is 5.56 Å². The molecular weight excluding hydrogens is 181 g/mol. The molecular formula is C11H16FNO. The molecule has 0 aliphatic rings. The van der Waals surface area contributed by atoms with Crippen LogP contribution in [0.15, 0.2) is 18.2 Å². The first kappa shape index (κ1) is 12.6. The average molecular weight is 197 g/mol. The maximum atomic E-state index is 10.7. The van der Waals surface area contributed by atoms with Crippen LogP contribution in [0.3, 0.4) is 0 Å². The van der Waals surface area contributed by atoms with Gasteiger partial charge in [-0.15, -0.1) is 0 Å². The molecule has 0 bridgehead atoms. The molecule has 0 spiro atoms.